The van der Waals surface area contributed by atoms with Crippen LogP contribution >= 0.6 is 0 Å². The van der Waals surface area contributed by atoms with Gasteiger partial charge in [0.05, 0.1) is 11.0 Å². The summed E-state index contributed by atoms with van der Waals surface area (Å²) in [6, 6.07) is 65.2. The van der Waals surface area contributed by atoms with E-state index in [0.29, 0.717) is 0 Å². The highest BCUT2D eigenvalue weighted by atomic mass is 15.0. The standard InChI is InChI=1S/C49H31N/c1-2-15-36-32(12-1)27-47-44(33-24-25-41-39-18-4-3-16-37(39)38-17-5-6-19-40(38)46(41)28-33)29-34(30-45(36)47)31-13-11-14-35(26-31)50-48-22-9-7-20-42(48)43-21-8-10-23-49(43)50/h1-26,28-30H,27H2. The number of rotatable bonds is 3. The summed E-state index contributed by atoms with van der Waals surface area (Å²) in [5.41, 5.74) is 14.2. The number of hydrogen-bond acceptors (Lipinski definition) is 0. The predicted molar refractivity (Wildman–Crippen MR) is 212 cm³/mol. The molecule has 11 rings (SSSR count). The third kappa shape index (κ3) is 3.95. The number of fused-ring (bicyclic) bond motifs is 12. The lowest BCUT2D eigenvalue weighted by Gasteiger charge is -2.16. The molecule has 1 aliphatic rings. The van der Waals surface area contributed by atoms with Crippen LogP contribution in [0.2, 0.25) is 0 Å². The number of para-hydroxylation sites is 2. The lowest BCUT2D eigenvalue weighted by Crippen LogP contribution is -1.95. The molecule has 0 amide bonds. The second-order valence-corrected chi connectivity index (χ2v) is 13.7. The normalized spacial score (nSPS) is 12.3. The smallest absolute Gasteiger partial charge is 0.0541 e. The first kappa shape index (κ1) is 27.5. The van der Waals surface area contributed by atoms with Gasteiger partial charge in [-0.2, -0.15) is 0 Å². The topological polar surface area (TPSA) is 4.93 Å². The Morgan fingerprint density at radius 1 is 0.320 bits per heavy atom. The Morgan fingerprint density at radius 3 is 1.58 bits per heavy atom. The fourth-order valence-corrected chi connectivity index (χ4v) is 8.76. The van der Waals surface area contributed by atoms with Gasteiger partial charge in [-0.05, 0) is 126 Å². The van der Waals surface area contributed by atoms with E-state index in [4.69, 9.17) is 0 Å². The Hall–Kier alpha value is -6.44. The Bertz CT molecular complexity index is 2920. The van der Waals surface area contributed by atoms with E-state index in [1.807, 2.05) is 0 Å². The highest BCUT2D eigenvalue weighted by Crippen LogP contribution is 2.46. The predicted octanol–water partition coefficient (Wildman–Crippen LogP) is 13.1. The van der Waals surface area contributed by atoms with Gasteiger partial charge in [-0.3, -0.25) is 0 Å². The molecule has 0 spiro atoms. The third-order valence-corrected chi connectivity index (χ3v) is 11.0. The molecule has 0 aliphatic heterocycles. The van der Waals surface area contributed by atoms with Crippen LogP contribution in [0.3, 0.4) is 0 Å². The van der Waals surface area contributed by atoms with E-state index in [2.05, 4.69) is 180 Å². The molecule has 1 aromatic heterocycles. The van der Waals surface area contributed by atoms with Gasteiger partial charge in [0.1, 0.15) is 0 Å². The molecule has 0 unspecified atom stereocenters. The second kappa shape index (κ2) is 10.5. The van der Waals surface area contributed by atoms with Crippen molar-refractivity contribution < 1.29 is 0 Å². The van der Waals surface area contributed by atoms with Crippen LogP contribution in [0.25, 0.3) is 93.2 Å². The minimum atomic E-state index is 0.943. The Morgan fingerprint density at radius 2 is 0.880 bits per heavy atom. The van der Waals surface area contributed by atoms with Gasteiger partial charge in [-0.1, -0.05) is 133 Å². The van der Waals surface area contributed by atoms with E-state index in [1.54, 1.807) is 0 Å². The average Bonchev–Trinajstić information content (AvgIpc) is 3.73. The zero-order chi connectivity index (χ0) is 32.8. The number of benzene rings is 9. The van der Waals surface area contributed by atoms with Gasteiger partial charge >= 0.3 is 0 Å². The Kier molecular flexibility index (Phi) is 5.79. The van der Waals surface area contributed by atoms with Gasteiger partial charge in [-0.25, -0.2) is 0 Å². The van der Waals surface area contributed by atoms with Crippen molar-refractivity contribution in [3.63, 3.8) is 0 Å². The summed E-state index contributed by atoms with van der Waals surface area (Å²) in [7, 11) is 0. The fourth-order valence-electron chi connectivity index (χ4n) is 8.76. The van der Waals surface area contributed by atoms with Crippen molar-refractivity contribution in [1.29, 1.82) is 0 Å². The molecule has 1 heterocycles. The molecule has 9 aromatic carbocycles. The largest absolute Gasteiger partial charge is 0.309 e. The molecule has 0 atom stereocenters. The quantitative estimate of drug-likeness (QED) is 0.171. The Balaban J connectivity index is 1.15. The van der Waals surface area contributed by atoms with Gasteiger partial charge in [-0.15, -0.1) is 0 Å². The lowest BCUT2D eigenvalue weighted by molar-refractivity contribution is 1.18. The highest BCUT2D eigenvalue weighted by molar-refractivity contribution is 6.25. The SMILES string of the molecule is c1cc(-c2cc(-c3ccc4c5ccccc5c5ccccc5c4c3)c3c(c2)-c2ccccc2C3)cc(-n2c3ccccc3c3ccccc32)c1. The van der Waals surface area contributed by atoms with E-state index in [-0.39, 0.29) is 0 Å². The minimum absolute atomic E-state index is 0.943. The summed E-state index contributed by atoms with van der Waals surface area (Å²) in [6.45, 7) is 0. The van der Waals surface area contributed by atoms with E-state index in [1.165, 1.54) is 104 Å². The zero-order valence-corrected chi connectivity index (χ0v) is 27.4. The van der Waals surface area contributed by atoms with Crippen LogP contribution in [0.1, 0.15) is 11.1 Å². The van der Waals surface area contributed by atoms with Crippen molar-refractivity contribution in [2.45, 2.75) is 6.42 Å². The summed E-state index contributed by atoms with van der Waals surface area (Å²) >= 11 is 0. The van der Waals surface area contributed by atoms with Crippen molar-refractivity contribution in [2.24, 2.45) is 0 Å². The first-order valence-electron chi connectivity index (χ1n) is 17.5. The fraction of sp³-hybridized carbons (Fsp3) is 0.0204. The van der Waals surface area contributed by atoms with Gasteiger partial charge in [0.25, 0.3) is 0 Å². The van der Waals surface area contributed by atoms with E-state index < -0.39 is 0 Å². The molecular formula is C49H31N. The molecule has 10 aromatic rings. The van der Waals surface area contributed by atoms with Gasteiger partial charge in [0.15, 0.2) is 0 Å². The first-order valence-corrected chi connectivity index (χ1v) is 17.5. The maximum atomic E-state index is 2.45. The summed E-state index contributed by atoms with van der Waals surface area (Å²) in [4.78, 5) is 0. The molecule has 1 aliphatic carbocycles. The molecule has 0 N–H and O–H groups in total. The molecule has 232 valence electrons. The van der Waals surface area contributed by atoms with Crippen LogP contribution in [0.5, 0.6) is 0 Å². The van der Waals surface area contributed by atoms with Crippen LogP contribution in [-0.2, 0) is 6.42 Å². The Labute approximate surface area is 290 Å². The molecule has 0 saturated carbocycles. The number of aromatic nitrogens is 1. The summed E-state index contributed by atoms with van der Waals surface area (Å²) in [5.74, 6) is 0. The first-order chi connectivity index (χ1) is 24.8. The number of hydrogen-bond donors (Lipinski definition) is 0. The van der Waals surface area contributed by atoms with Gasteiger partial charge in [0, 0.05) is 16.5 Å². The molecule has 0 fully saturated rings. The zero-order valence-electron chi connectivity index (χ0n) is 27.4. The van der Waals surface area contributed by atoms with Crippen LogP contribution in [0.15, 0.2) is 176 Å². The third-order valence-electron chi connectivity index (χ3n) is 11.0. The molecular weight excluding hydrogens is 603 g/mol. The van der Waals surface area contributed by atoms with Crippen LogP contribution in [0, 0.1) is 0 Å². The van der Waals surface area contributed by atoms with Crippen LogP contribution in [-0.4, -0.2) is 4.57 Å². The maximum Gasteiger partial charge on any atom is 0.0541 e. The second-order valence-electron chi connectivity index (χ2n) is 13.7. The molecule has 0 bridgehead atoms. The van der Waals surface area contributed by atoms with Gasteiger partial charge < -0.3 is 4.57 Å². The van der Waals surface area contributed by atoms with Crippen molar-refractivity contribution >= 4 is 54.1 Å². The van der Waals surface area contributed by atoms with Gasteiger partial charge in [0.2, 0.25) is 0 Å². The van der Waals surface area contributed by atoms with Crippen molar-refractivity contribution in [3.8, 4) is 39.1 Å². The van der Waals surface area contributed by atoms with Crippen molar-refractivity contribution in [2.75, 3.05) is 0 Å². The molecule has 1 heteroatoms. The monoisotopic (exact) mass is 633 g/mol. The molecule has 1 nitrogen and oxygen atoms in total. The van der Waals surface area contributed by atoms with Crippen LogP contribution in [0.4, 0.5) is 0 Å². The highest BCUT2D eigenvalue weighted by Gasteiger charge is 2.24. The van der Waals surface area contributed by atoms with E-state index in [0.717, 1.165) is 6.42 Å². The van der Waals surface area contributed by atoms with Crippen LogP contribution < -0.4 is 0 Å². The van der Waals surface area contributed by atoms with Crippen molar-refractivity contribution in [1.82, 2.24) is 4.57 Å². The van der Waals surface area contributed by atoms with E-state index in [9.17, 15) is 0 Å². The number of nitrogens with zero attached hydrogens (tertiary/aromatic N) is 1. The maximum absolute atomic E-state index is 2.45. The average molecular weight is 634 g/mol. The molecule has 0 saturated heterocycles. The lowest BCUT2D eigenvalue weighted by atomic mass is 9.88. The summed E-state index contributed by atoms with van der Waals surface area (Å²) in [5, 5.41) is 10.4. The summed E-state index contributed by atoms with van der Waals surface area (Å²) < 4.78 is 2.41. The minimum Gasteiger partial charge on any atom is -0.309 e. The van der Waals surface area contributed by atoms with E-state index >= 15 is 0 Å². The summed E-state index contributed by atoms with van der Waals surface area (Å²) in [6.07, 6.45) is 0.943. The molecule has 50 heavy (non-hydrogen) atoms. The molecule has 0 radical (unpaired) electrons. The van der Waals surface area contributed by atoms with Crippen molar-refractivity contribution in [3.05, 3.63) is 187 Å².